The number of aldehydes is 1. The first-order chi connectivity index (χ1) is 9.08. The Labute approximate surface area is 120 Å². The summed E-state index contributed by atoms with van der Waals surface area (Å²) in [5.74, 6) is 0.0336. The Hall–Kier alpha value is -1.68. The van der Waals surface area contributed by atoms with Gasteiger partial charge in [0.15, 0.2) is 12.1 Å². The second kappa shape index (κ2) is 5.53. The fourth-order valence-electron chi connectivity index (χ4n) is 2.11. The molecule has 0 aromatic heterocycles. The van der Waals surface area contributed by atoms with E-state index in [1.54, 1.807) is 6.07 Å². The van der Waals surface area contributed by atoms with Crippen LogP contribution in [0.4, 0.5) is 5.69 Å². The van der Waals surface area contributed by atoms with Gasteiger partial charge in [0.05, 0.1) is 5.33 Å². The van der Waals surface area contributed by atoms with Crippen molar-refractivity contribution in [2.75, 3.05) is 24.3 Å². The van der Waals surface area contributed by atoms with Crippen molar-refractivity contribution in [3.05, 3.63) is 41.5 Å². The SMILES string of the molecule is CN(C)c1ccc2cc(C(=O)CBr)ccc2c1C=O. The van der Waals surface area contributed by atoms with Gasteiger partial charge in [-0.2, -0.15) is 0 Å². The smallest absolute Gasteiger partial charge is 0.173 e. The van der Waals surface area contributed by atoms with E-state index in [-0.39, 0.29) is 5.78 Å². The average molecular weight is 320 g/mol. The summed E-state index contributed by atoms with van der Waals surface area (Å²) in [7, 11) is 3.80. The number of anilines is 1. The van der Waals surface area contributed by atoms with E-state index in [1.165, 1.54) is 0 Å². The van der Waals surface area contributed by atoms with E-state index in [2.05, 4.69) is 15.9 Å². The molecule has 0 bridgehead atoms. The van der Waals surface area contributed by atoms with E-state index in [4.69, 9.17) is 0 Å². The molecule has 2 aromatic carbocycles. The summed E-state index contributed by atoms with van der Waals surface area (Å²) in [6.45, 7) is 0. The lowest BCUT2D eigenvalue weighted by molar-refractivity contribution is 0.102. The lowest BCUT2D eigenvalue weighted by atomic mass is 9.99. The van der Waals surface area contributed by atoms with Crippen molar-refractivity contribution in [3.8, 4) is 0 Å². The van der Waals surface area contributed by atoms with Crippen LogP contribution in [0.3, 0.4) is 0 Å². The second-order valence-electron chi connectivity index (χ2n) is 4.50. The summed E-state index contributed by atoms with van der Waals surface area (Å²) >= 11 is 3.16. The number of carbonyl (C=O) groups excluding carboxylic acids is 2. The van der Waals surface area contributed by atoms with Gasteiger partial charge in [-0.1, -0.05) is 34.1 Å². The highest BCUT2D eigenvalue weighted by molar-refractivity contribution is 9.09. The Morgan fingerprint density at radius 3 is 2.58 bits per heavy atom. The van der Waals surface area contributed by atoms with Crippen molar-refractivity contribution >= 4 is 44.5 Å². The summed E-state index contributed by atoms with van der Waals surface area (Å²) in [6.07, 6.45) is 0.865. The Kier molecular flexibility index (Phi) is 4.00. The third-order valence-electron chi connectivity index (χ3n) is 3.08. The van der Waals surface area contributed by atoms with Crippen LogP contribution in [0.2, 0.25) is 0 Å². The largest absolute Gasteiger partial charge is 0.377 e. The summed E-state index contributed by atoms with van der Waals surface area (Å²) in [5.41, 5.74) is 2.18. The third-order valence-corrected chi connectivity index (χ3v) is 3.59. The van der Waals surface area contributed by atoms with Gasteiger partial charge in [0.25, 0.3) is 0 Å². The average Bonchev–Trinajstić information content (AvgIpc) is 2.44. The van der Waals surface area contributed by atoms with E-state index in [1.807, 2.05) is 43.3 Å². The molecule has 19 heavy (non-hydrogen) atoms. The number of Topliss-reactive ketones (excluding diaryl/α,β-unsaturated/α-hetero) is 1. The molecule has 0 aliphatic carbocycles. The van der Waals surface area contributed by atoms with Crippen LogP contribution in [0.25, 0.3) is 10.8 Å². The molecule has 0 aliphatic rings. The quantitative estimate of drug-likeness (QED) is 0.493. The molecule has 0 saturated heterocycles. The highest BCUT2D eigenvalue weighted by Gasteiger charge is 2.11. The standard InChI is InChI=1S/C15H14BrNO2/c1-17(2)14-6-4-10-7-11(15(19)8-16)3-5-12(10)13(14)9-18/h3-7,9H,8H2,1-2H3. The molecule has 2 rings (SSSR count). The van der Waals surface area contributed by atoms with Crippen molar-refractivity contribution in [1.82, 2.24) is 0 Å². The summed E-state index contributed by atoms with van der Waals surface area (Å²) < 4.78 is 0. The molecular formula is C15H14BrNO2. The Bertz CT molecular complexity index is 650. The van der Waals surface area contributed by atoms with Crippen molar-refractivity contribution in [3.63, 3.8) is 0 Å². The lowest BCUT2D eigenvalue weighted by Gasteiger charge is -2.16. The zero-order valence-corrected chi connectivity index (χ0v) is 12.4. The number of hydrogen-bond donors (Lipinski definition) is 0. The number of rotatable bonds is 4. The Balaban J connectivity index is 2.68. The van der Waals surface area contributed by atoms with Crippen LogP contribution in [0.5, 0.6) is 0 Å². The fraction of sp³-hybridized carbons (Fsp3) is 0.200. The van der Waals surface area contributed by atoms with Gasteiger partial charge < -0.3 is 4.90 Å². The highest BCUT2D eigenvalue weighted by atomic mass is 79.9. The van der Waals surface area contributed by atoms with Crippen molar-refractivity contribution in [2.45, 2.75) is 0 Å². The minimum absolute atomic E-state index is 0.0336. The number of halogens is 1. The third kappa shape index (κ3) is 2.54. The van der Waals surface area contributed by atoms with Gasteiger partial charge in [0.2, 0.25) is 0 Å². The molecule has 0 radical (unpaired) electrons. The van der Waals surface area contributed by atoms with Crippen LogP contribution in [0.15, 0.2) is 30.3 Å². The first-order valence-electron chi connectivity index (χ1n) is 5.87. The van der Waals surface area contributed by atoms with Crippen LogP contribution in [0, 0.1) is 0 Å². The molecule has 0 atom stereocenters. The fourth-order valence-corrected chi connectivity index (χ4v) is 2.43. The maximum Gasteiger partial charge on any atom is 0.173 e. The minimum Gasteiger partial charge on any atom is -0.377 e. The molecule has 0 aliphatic heterocycles. The first kappa shape index (κ1) is 13.7. The monoisotopic (exact) mass is 319 g/mol. The number of alkyl halides is 1. The molecule has 0 unspecified atom stereocenters. The molecule has 2 aromatic rings. The van der Waals surface area contributed by atoms with Crippen LogP contribution in [0.1, 0.15) is 20.7 Å². The van der Waals surface area contributed by atoms with Crippen LogP contribution >= 0.6 is 15.9 Å². The zero-order valence-electron chi connectivity index (χ0n) is 10.8. The molecule has 0 heterocycles. The van der Waals surface area contributed by atoms with Crippen LogP contribution < -0.4 is 4.90 Å². The molecule has 0 fully saturated rings. The van der Waals surface area contributed by atoms with Gasteiger partial charge in [-0.25, -0.2) is 0 Å². The predicted octanol–water partition coefficient (Wildman–Crippen LogP) is 3.30. The number of benzene rings is 2. The topological polar surface area (TPSA) is 37.4 Å². The first-order valence-corrected chi connectivity index (χ1v) is 6.99. The molecule has 4 heteroatoms. The van der Waals surface area contributed by atoms with Gasteiger partial charge in [-0.05, 0) is 22.9 Å². The summed E-state index contributed by atoms with van der Waals surface area (Å²) in [4.78, 5) is 24.9. The molecular weight excluding hydrogens is 306 g/mol. The van der Waals surface area contributed by atoms with E-state index in [9.17, 15) is 9.59 Å². The second-order valence-corrected chi connectivity index (χ2v) is 5.06. The van der Waals surface area contributed by atoms with Crippen molar-refractivity contribution < 1.29 is 9.59 Å². The van der Waals surface area contributed by atoms with E-state index in [0.29, 0.717) is 16.5 Å². The Morgan fingerprint density at radius 2 is 2.00 bits per heavy atom. The minimum atomic E-state index is 0.0336. The number of fused-ring (bicyclic) bond motifs is 1. The van der Waals surface area contributed by atoms with Crippen molar-refractivity contribution in [2.24, 2.45) is 0 Å². The number of carbonyl (C=O) groups is 2. The number of nitrogens with zero attached hydrogens (tertiary/aromatic N) is 1. The molecule has 0 amide bonds. The molecule has 0 N–H and O–H groups in total. The van der Waals surface area contributed by atoms with Gasteiger partial charge in [0.1, 0.15) is 0 Å². The molecule has 3 nitrogen and oxygen atoms in total. The van der Waals surface area contributed by atoms with E-state index < -0.39 is 0 Å². The summed E-state index contributed by atoms with van der Waals surface area (Å²) in [6, 6.07) is 9.25. The van der Waals surface area contributed by atoms with Crippen molar-refractivity contribution in [1.29, 1.82) is 0 Å². The zero-order chi connectivity index (χ0) is 14.0. The normalized spacial score (nSPS) is 10.5. The van der Waals surface area contributed by atoms with Gasteiger partial charge in [-0.15, -0.1) is 0 Å². The maximum absolute atomic E-state index is 11.7. The van der Waals surface area contributed by atoms with Gasteiger partial charge in [0, 0.05) is 30.9 Å². The molecule has 98 valence electrons. The summed E-state index contributed by atoms with van der Waals surface area (Å²) in [5, 5.41) is 2.07. The highest BCUT2D eigenvalue weighted by Crippen LogP contribution is 2.27. The van der Waals surface area contributed by atoms with Crippen LogP contribution in [-0.2, 0) is 0 Å². The number of ketones is 1. The van der Waals surface area contributed by atoms with E-state index in [0.717, 1.165) is 22.7 Å². The van der Waals surface area contributed by atoms with Gasteiger partial charge >= 0.3 is 0 Å². The Morgan fingerprint density at radius 1 is 1.26 bits per heavy atom. The lowest BCUT2D eigenvalue weighted by Crippen LogP contribution is -2.11. The maximum atomic E-state index is 11.7. The molecule has 0 saturated carbocycles. The predicted molar refractivity (Wildman–Crippen MR) is 81.8 cm³/mol. The van der Waals surface area contributed by atoms with Gasteiger partial charge in [-0.3, -0.25) is 9.59 Å². The van der Waals surface area contributed by atoms with E-state index >= 15 is 0 Å². The van der Waals surface area contributed by atoms with Crippen LogP contribution in [-0.4, -0.2) is 31.5 Å². The number of hydrogen-bond acceptors (Lipinski definition) is 3. The molecule has 0 spiro atoms.